The van der Waals surface area contributed by atoms with Crippen LogP contribution in [0.15, 0.2) is 52.4 Å². The van der Waals surface area contributed by atoms with Crippen LogP contribution in [-0.2, 0) is 21.8 Å². The molecule has 0 saturated carbocycles. The van der Waals surface area contributed by atoms with E-state index in [1.165, 1.54) is 73.0 Å². The summed E-state index contributed by atoms with van der Waals surface area (Å²) in [5, 5.41) is 0.726. The number of ether oxygens (including phenoxy) is 3. The summed E-state index contributed by atoms with van der Waals surface area (Å²) in [6.07, 6.45) is -4.76. The third kappa shape index (κ3) is 5.80. The van der Waals surface area contributed by atoms with E-state index < -0.39 is 12.3 Å². The predicted molar refractivity (Wildman–Crippen MR) is 112 cm³/mol. The van der Waals surface area contributed by atoms with Gasteiger partial charge in [0.15, 0.2) is 5.16 Å². The molecule has 0 unspecified atom stereocenters. The molecule has 32 heavy (non-hydrogen) atoms. The van der Waals surface area contributed by atoms with Crippen molar-refractivity contribution in [2.75, 3.05) is 20.8 Å². The fourth-order valence-corrected chi connectivity index (χ4v) is 3.85. The van der Waals surface area contributed by atoms with E-state index in [4.69, 9.17) is 9.47 Å². The third-order valence-electron chi connectivity index (χ3n) is 4.39. The highest BCUT2D eigenvalue weighted by atomic mass is 32.2. The molecular formula is C21H19F3N2O5S. The Balaban J connectivity index is 1.90. The number of thioether (sulfide) groups is 1. The van der Waals surface area contributed by atoms with E-state index in [2.05, 4.69) is 9.72 Å². The number of aromatic nitrogens is 2. The highest BCUT2D eigenvalue weighted by molar-refractivity contribution is 7.98. The molecule has 0 spiro atoms. The lowest BCUT2D eigenvalue weighted by Crippen LogP contribution is -2.25. The molecule has 1 heterocycles. The lowest BCUT2D eigenvalue weighted by atomic mass is 10.1. The fourth-order valence-electron chi connectivity index (χ4n) is 2.87. The normalized spacial score (nSPS) is 11.5. The maximum atomic E-state index is 13.0. The van der Waals surface area contributed by atoms with Gasteiger partial charge in [-0.05, 0) is 35.9 Å². The summed E-state index contributed by atoms with van der Waals surface area (Å²) in [5.74, 6) is -0.525. The Hall–Kier alpha value is -3.05. The van der Waals surface area contributed by atoms with Crippen molar-refractivity contribution in [1.82, 2.24) is 9.55 Å². The van der Waals surface area contributed by atoms with Crippen LogP contribution in [0.25, 0.3) is 10.9 Å². The lowest BCUT2D eigenvalue weighted by Gasteiger charge is -2.13. The van der Waals surface area contributed by atoms with Gasteiger partial charge in [-0.3, -0.25) is 9.36 Å². The molecule has 3 aromatic rings. The molecule has 1 aromatic heterocycles. The topological polar surface area (TPSA) is 79.7 Å². The van der Waals surface area contributed by atoms with Crippen LogP contribution in [0.3, 0.4) is 0 Å². The van der Waals surface area contributed by atoms with Crippen molar-refractivity contribution < 1.29 is 32.2 Å². The average Bonchev–Trinajstić information content (AvgIpc) is 2.76. The number of hydrogen-bond acceptors (Lipinski definition) is 7. The van der Waals surface area contributed by atoms with E-state index in [0.29, 0.717) is 27.4 Å². The summed E-state index contributed by atoms with van der Waals surface area (Å²) in [7, 11) is 2.77. The van der Waals surface area contributed by atoms with Crippen LogP contribution in [0.5, 0.6) is 5.75 Å². The van der Waals surface area contributed by atoms with Crippen molar-refractivity contribution in [1.29, 1.82) is 0 Å². The van der Waals surface area contributed by atoms with Crippen molar-refractivity contribution >= 4 is 28.6 Å². The van der Waals surface area contributed by atoms with Crippen LogP contribution in [0.4, 0.5) is 13.2 Å². The van der Waals surface area contributed by atoms with Crippen LogP contribution < -0.4 is 10.3 Å². The van der Waals surface area contributed by atoms with Crippen LogP contribution in [0.1, 0.15) is 15.9 Å². The largest absolute Gasteiger partial charge is 0.573 e. The summed E-state index contributed by atoms with van der Waals surface area (Å²) in [5.41, 5.74) is 1.01. The minimum absolute atomic E-state index is 0.262. The summed E-state index contributed by atoms with van der Waals surface area (Å²) in [6, 6.07) is 9.94. The minimum Gasteiger partial charge on any atom is -0.465 e. The predicted octanol–water partition coefficient (Wildman–Crippen LogP) is 4.02. The Morgan fingerprint density at radius 3 is 2.47 bits per heavy atom. The first-order valence-corrected chi connectivity index (χ1v) is 10.3. The molecule has 0 amide bonds. The smallest absolute Gasteiger partial charge is 0.465 e. The number of fused-ring (bicyclic) bond motifs is 1. The molecule has 3 rings (SSSR count). The molecule has 0 atom stereocenters. The van der Waals surface area contributed by atoms with Crippen molar-refractivity contribution in [3.05, 3.63) is 63.9 Å². The number of carbonyl (C=O) groups is 1. The number of rotatable bonds is 8. The van der Waals surface area contributed by atoms with Crippen molar-refractivity contribution in [2.45, 2.75) is 23.8 Å². The van der Waals surface area contributed by atoms with Gasteiger partial charge in [-0.1, -0.05) is 23.9 Å². The average molecular weight is 468 g/mol. The number of esters is 1. The standard InChI is InChI=1S/C21H19F3N2O5S/c1-29-10-9-26-18(27)16-8-5-14(19(28)30-2)11-17(16)25-20(26)32-12-13-3-6-15(7-4-13)31-21(22,23)24/h3-8,11H,9-10,12H2,1-2H3. The first-order chi connectivity index (χ1) is 15.2. The molecule has 0 radical (unpaired) electrons. The molecule has 0 N–H and O–H groups in total. The van der Waals surface area contributed by atoms with Crippen LogP contribution in [0, 0.1) is 0 Å². The SMILES string of the molecule is COCCn1c(SCc2ccc(OC(F)(F)F)cc2)nc2cc(C(=O)OC)ccc2c1=O. The maximum absolute atomic E-state index is 13.0. The second-order valence-electron chi connectivity index (χ2n) is 6.55. The molecule has 0 aliphatic carbocycles. The van der Waals surface area contributed by atoms with Gasteiger partial charge >= 0.3 is 12.3 Å². The molecule has 7 nitrogen and oxygen atoms in total. The van der Waals surface area contributed by atoms with Gasteiger partial charge in [-0.2, -0.15) is 0 Å². The van der Waals surface area contributed by atoms with E-state index in [1.807, 2.05) is 0 Å². The maximum Gasteiger partial charge on any atom is 0.573 e. The molecule has 170 valence electrons. The number of carbonyl (C=O) groups excluding carboxylic acids is 1. The number of alkyl halides is 3. The number of hydrogen-bond donors (Lipinski definition) is 0. The van der Waals surface area contributed by atoms with E-state index in [-0.39, 0.29) is 30.0 Å². The monoisotopic (exact) mass is 468 g/mol. The van der Waals surface area contributed by atoms with Gasteiger partial charge in [0, 0.05) is 12.9 Å². The lowest BCUT2D eigenvalue weighted by molar-refractivity contribution is -0.274. The first kappa shape index (κ1) is 23.6. The quantitative estimate of drug-likeness (QED) is 0.281. The molecule has 0 aliphatic heterocycles. The van der Waals surface area contributed by atoms with Gasteiger partial charge in [0.2, 0.25) is 0 Å². The van der Waals surface area contributed by atoms with Crippen LogP contribution in [-0.4, -0.2) is 42.7 Å². The summed E-state index contributed by atoms with van der Waals surface area (Å²) in [4.78, 5) is 29.4. The van der Waals surface area contributed by atoms with Gasteiger partial charge in [-0.25, -0.2) is 9.78 Å². The highest BCUT2D eigenvalue weighted by Gasteiger charge is 2.30. The first-order valence-electron chi connectivity index (χ1n) is 9.31. The molecular weight excluding hydrogens is 449 g/mol. The number of benzene rings is 2. The highest BCUT2D eigenvalue weighted by Crippen LogP contribution is 2.26. The van der Waals surface area contributed by atoms with Crippen molar-refractivity contribution in [3.63, 3.8) is 0 Å². The third-order valence-corrected chi connectivity index (χ3v) is 5.43. The second kappa shape index (κ2) is 10.0. The Morgan fingerprint density at radius 2 is 1.84 bits per heavy atom. The summed E-state index contributed by atoms with van der Waals surface area (Å²) >= 11 is 1.24. The van der Waals surface area contributed by atoms with Crippen LogP contribution in [0.2, 0.25) is 0 Å². The zero-order valence-corrected chi connectivity index (χ0v) is 18.0. The summed E-state index contributed by atoms with van der Waals surface area (Å²) in [6.45, 7) is 0.544. The Morgan fingerprint density at radius 1 is 1.12 bits per heavy atom. The van der Waals surface area contributed by atoms with Gasteiger partial charge in [-0.15, -0.1) is 13.2 Å². The Labute approximate surface area is 185 Å². The Kier molecular flexibility index (Phi) is 7.41. The van der Waals surface area contributed by atoms with E-state index in [9.17, 15) is 22.8 Å². The number of halogens is 3. The Bertz CT molecular complexity index is 1160. The van der Waals surface area contributed by atoms with Gasteiger partial charge < -0.3 is 14.2 Å². The molecule has 0 bridgehead atoms. The fraction of sp³-hybridized carbons (Fsp3) is 0.286. The molecule has 2 aromatic carbocycles. The van der Waals surface area contributed by atoms with Gasteiger partial charge in [0.1, 0.15) is 5.75 Å². The second-order valence-corrected chi connectivity index (χ2v) is 7.49. The zero-order chi connectivity index (χ0) is 23.3. The summed E-state index contributed by atoms with van der Waals surface area (Å²) < 4.78 is 52.1. The molecule has 0 aliphatic rings. The van der Waals surface area contributed by atoms with Crippen molar-refractivity contribution in [2.24, 2.45) is 0 Å². The molecule has 0 fully saturated rings. The van der Waals surface area contributed by atoms with E-state index >= 15 is 0 Å². The van der Waals surface area contributed by atoms with E-state index in [1.54, 1.807) is 0 Å². The van der Waals surface area contributed by atoms with Gasteiger partial charge in [0.05, 0.1) is 36.7 Å². The van der Waals surface area contributed by atoms with E-state index in [0.717, 1.165) is 0 Å². The molecule has 0 saturated heterocycles. The van der Waals surface area contributed by atoms with Crippen LogP contribution >= 0.6 is 11.8 Å². The number of nitrogens with zero attached hydrogens (tertiary/aromatic N) is 2. The van der Waals surface area contributed by atoms with Gasteiger partial charge in [0.25, 0.3) is 5.56 Å². The number of methoxy groups -OCH3 is 2. The minimum atomic E-state index is -4.76. The molecule has 11 heteroatoms. The zero-order valence-electron chi connectivity index (χ0n) is 17.1. The van der Waals surface area contributed by atoms with Crippen molar-refractivity contribution in [3.8, 4) is 5.75 Å².